The maximum Gasteiger partial charge on any atom is 0.115 e. The van der Waals surface area contributed by atoms with Crippen LogP contribution in [0.4, 0.5) is 0 Å². The molecule has 0 aliphatic heterocycles. The predicted octanol–water partition coefficient (Wildman–Crippen LogP) is 2.54. The van der Waals surface area contributed by atoms with Gasteiger partial charge >= 0.3 is 0 Å². The molecule has 0 spiro atoms. The second-order valence-corrected chi connectivity index (χ2v) is 4.94. The molecule has 1 atom stereocenters. The van der Waals surface area contributed by atoms with Crippen molar-refractivity contribution in [3.05, 3.63) is 42.2 Å². The molecule has 0 amide bonds. The van der Waals surface area contributed by atoms with Crippen molar-refractivity contribution >= 4 is 0 Å². The highest BCUT2D eigenvalue weighted by molar-refractivity contribution is 5.10. The molecule has 0 radical (unpaired) electrons. The molecular formula is C15H23N5. The zero-order valence-electron chi connectivity index (χ0n) is 12.5. The molecule has 0 aromatic carbocycles. The van der Waals surface area contributed by atoms with Gasteiger partial charge in [-0.2, -0.15) is 5.10 Å². The van der Waals surface area contributed by atoms with Gasteiger partial charge in [-0.3, -0.25) is 4.68 Å². The second-order valence-electron chi connectivity index (χ2n) is 4.94. The Hall–Kier alpha value is -1.75. The molecular weight excluding hydrogens is 250 g/mol. The fourth-order valence-corrected chi connectivity index (χ4v) is 2.42. The van der Waals surface area contributed by atoms with Crippen molar-refractivity contribution in [2.75, 3.05) is 7.05 Å². The normalized spacial score (nSPS) is 12.8. The van der Waals surface area contributed by atoms with Gasteiger partial charge in [0.2, 0.25) is 0 Å². The maximum absolute atomic E-state index is 4.70. The smallest absolute Gasteiger partial charge is 0.115 e. The summed E-state index contributed by atoms with van der Waals surface area (Å²) in [6.45, 7) is 4.40. The minimum absolute atomic E-state index is 0.169. The van der Waals surface area contributed by atoms with Crippen molar-refractivity contribution in [2.24, 2.45) is 0 Å². The summed E-state index contributed by atoms with van der Waals surface area (Å²) in [7, 11) is 1.95. The third-order valence-corrected chi connectivity index (χ3v) is 3.70. The van der Waals surface area contributed by atoms with E-state index in [1.165, 1.54) is 0 Å². The molecule has 5 heteroatoms. The lowest BCUT2D eigenvalue weighted by atomic mass is 10.1. The molecule has 0 saturated carbocycles. The standard InChI is InChI=1S/C15H23N5/c1-4-13(5-2)20-9-7-12(19-20)10-15(16-3)14-6-8-17-11-18-14/h6-9,11,13,15-16H,4-5,10H2,1-3H3. The number of likely N-dealkylation sites (N-methyl/N-ethyl adjacent to an activating group) is 1. The van der Waals surface area contributed by atoms with Crippen LogP contribution in [0.2, 0.25) is 0 Å². The average molecular weight is 273 g/mol. The first kappa shape index (κ1) is 14.7. The lowest BCUT2D eigenvalue weighted by Gasteiger charge is -2.15. The van der Waals surface area contributed by atoms with Crippen LogP contribution in [0, 0.1) is 0 Å². The fraction of sp³-hybridized carbons (Fsp3) is 0.533. The Morgan fingerprint density at radius 3 is 2.65 bits per heavy atom. The molecule has 2 aromatic heterocycles. The summed E-state index contributed by atoms with van der Waals surface area (Å²) >= 11 is 0. The highest BCUT2D eigenvalue weighted by Gasteiger charge is 2.14. The first-order valence-electron chi connectivity index (χ1n) is 7.25. The zero-order chi connectivity index (χ0) is 14.4. The van der Waals surface area contributed by atoms with Crippen LogP contribution >= 0.6 is 0 Å². The molecule has 2 rings (SSSR count). The van der Waals surface area contributed by atoms with Crippen LogP contribution in [0.5, 0.6) is 0 Å². The highest BCUT2D eigenvalue weighted by Crippen LogP contribution is 2.18. The van der Waals surface area contributed by atoms with Crippen LogP contribution in [-0.4, -0.2) is 26.8 Å². The molecule has 108 valence electrons. The minimum atomic E-state index is 0.169. The molecule has 0 fully saturated rings. The van der Waals surface area contributed by atoms with Gasteiger partial charge in [0.1, 0.15) is 6.33 Å². The first-order chi connectivity index (χ1) is 9.78. The Morgan fingerprint density at radius 2 is 2.05 bits per heavy atom. The predicted molar refractivity (Wildman–Crippen MR) is 79.4 cm³/mol. The SMILES string of the molecule is CCC(CC)n1ccc(CC(NC)c2ccncn2)n1. The van der Waals surface area contributed by atoms with Gasteiger partial charge in [0.25, 0.3) is 0 Å². The van der Waals surface area contributed by atoms with Crippen molar-refractivity contribution in [1.82, 2.24) is 25.1 Å². The summed E-state index contributed by atoms with van der Waals surface area (Å²) < 4.78 is 2.09. The van der Waals surface area contributed by atoms with E-state index in [9.17, 15) is 0 Å². The summed E-state index contributed by atoms with van der Waals surface area (Å²) in [4.78, 5) is 8.27. The van der Waals surface area contributed by atoms with Gasteiger partial charge < -0.3 is 5.32 Å². The molecule has 20 heavy (non-hydrogen) atoms. The summed E-state index contributed by atoms with van der Waals surface area (Å²) in [5.41, 5.74) is 2.09. The van der Waals surface area contributed by atoms with Gasteiger partial charge in [-0.25, -0.2) is 9.97 Å². The monoisotopic (exact) mass is 273 g/mol. The Bertz CT molecular complexity index is 504. The summed E-state index contributed by atoms with van der Waals surface area (Å²) in [6.07, 6.45) is 8.50. The van der Waals surface area contributed by atoms with Gasteiger partial charge in [-0.05, 0) is 32.0 Å². The van der Waals surface area contributed by atoms with E-state index in [0.717, 1.165) is 30.7 Å². The maximum atomic E-state index is 4.70. The molecule has 0 saturated heterocycles. The van der Waals surface area contributed by atoms with Crippen molar-refractivity contribution in [3.63, 3.8) is 0 Å². The van der Waals surface area contributed by atoms with Crippen LogP contribution in [0.1, 0.15) is 50.2 Å². The van der Waals surface area contributed by atoms with Gasteiger partial charge in [0.05, 0.1) is 23.5 Å². The van der Waals surface area contributed by atoms with E-state index in [1.54, 1.807) is 12.5 Å². The topological polar surface area (TPSA) is 55.6 Å². The highest BCUT2D eigenvalue weighted by atomic mass is 15.3. The Balaban J connectivity index is 2.09. The third-order valence-electron chi connectivity index (χ3n) is 3.70. The van der Waals surface area contributed by atoms with Crippen molar-refractivity contribution in [3.8, 4) is 0 Å². The van der Waals surface area contributed by atoms with Crippen molar-refractivity contribution in [1.29, 1.82) is 0 Å². The van der Waals surface area contributed by atoms with Gasteiger partial charge in [-0.1, -0.05) is 13.8 Å². The number of aromatic nitrogens is 4. The molecule has 5 nitrogen and oxygen atoms in total. The van der Waals surface area contributed by atoms with Gasteiger partial charge in [-0.15, -0.1) is 0 Å². The van der Waals surface area contributed by atoms with Crippen molar-refractivity contribution < 1.29 is 0 Å². The van der Waals surface area contributed by atoms with E-state index < -0.39 is 0 Å². The molecule has 0 aliphatic carbocycles. The van der Waals surface area contributed by atoms with Crippen LogP contribution < -0.4 is 5.32 Å². The van der Waals surface area contributed by atoms with Crippen LogP contribution in [0.3, 0.4) is 0 Å². The number of hydrogen-bond acceptors (Lipinski definition) is 4. The van der Waals surface area contributed by atoms with Crippen LogP contribution in [0.25, 0.3) is 0 Å². The number of hydrogen-bond donors (Lipinski definition) is 1. The zero-order valence-corrected chi connectivity index (χ0v) is 12.5. The molecule has 0 bridgehead atoms. The van der Waals surface area contributed by atoms with E-state index in [1.807, 2.05) is 13.1 Å². The third kappa shape index (κ3) is 3.42. The average Bonchev–Trinajstić information content (AvgIpc) is 2.95. The molecule has 1 unspecified atom stereocenters. The summed E-state index contributed by atoms with van der Waals surface area (Å²) in [6, 6.07) is 4.71. The van der Waals surface area contributed by atoms with Gasteiger partial charge in [0.15, 0.2) is 0 Å². The Labute approximate surface area is 120 Å². The Kier molecular flexibility index (Phi) is 5.24. The lowest BCUT2D eigenvalue weighted by Crippen LogP contribution is -2.20. The number of nitrogens with one attached hydrogen (secondary N) is 1. The molecule has 2 aromatic rings. The Morgan fingerprint density at radius 1 is 1.25 bits per heavy atom. The van der Waals surface area contributed by atoms with E-state index >= 15 is 0 Å². The van der Waals surface area contributed by atoms with E-state index in [-0.39, 0.29) is 6.04 Å². The van der Waals surface area contributed by atoms with Crippen LogP contribution in [0.15, 0.2) is 30.9 Å². The van der Waals surface area contributed by atoms with Crippen LogP contribution in [-0.2, 0) is 6.42 Å². The minimum Gasteiger partial charge on any atom is -0.311 e. The molecule has 1 N–H and O–H groups in total. The quantitative estimate of drug-likeness (QED) is 0.842. The lowest BCUT2D eigenvalue weighted by molar-refractivity contribution is 0.423. The summed E-state index contributed by atoms with van der Waals surface area (Å²) in [5, 5.41) is 7.99. The first-order valence-corrected chi connectivity index (χ1v) is 7.25. The van der Waals surface area contributed by atoms with Crippen molar-refractivity contribution in [2.45, 2.75) is 45.2 Å². The number of nitrogens with zero attached hydrogens (tertiary/aromatic N) is 4. The largest absolute Gasteiger partial charge is 0.311 e. The molecule has 2 heterocycles. The second kappa shape index (κ2) is 7.14. The van der Waals surface area contributed by atoms with Gasteiger partial charge in [0, 0.05) is 18.8 Å². The van der Waals surface area contributed by atoms with E-state index in [2.05, 4.69) is 46.1 Å². The van der Waals surface area contributed by atoms with E-state index in [4.69, 9.17) is 5.10 Å². The van der Waals surface area contributed by atoms with E-state index in [0.29, 0.717) is 6.04 Å². The molecule has 0 aliphatic rings. The number of rotatable bonds is 7. The summed E-state index contributed by atoms with van der Waals surface area (Å²) in [5.74, 6) is 0. The fourth-order valence-electron chi connectivity index (χ4n) is 2.42.